The van der Waals surface area contributed by atoms with E-state index < -0.39 is 12.2 Å². The van der Waals surface area contributed by atoms with Crippen molar-refractivity contribution in [3.05, 3.63) is 29.3 Å². The van der Waals surface area contributed by atoms with Crippen molar-refractivity contribution in [1.82, 2.24) is 0 Å². The molecule has 32 heavy (non-hydrogen) atoms. The lowest BCUT2D eigenvalue weighted by Crippen LogP contribution is -2.48. The zero-order chi connectivity index (χ0) is 23.4. The smallest absolute Gasteiger partial charge is 0.163 e. The number of fused-ring (bicyclic) bond motifs is 5. The largest absolute Gasteiger partial charge is 0.508 e. The summed E-state index contributed by atoms with van der Waals surface area (Å²) < 4.78 is 0. The summed E-state index contributed by atoms with van der Waals surface area (Å²) in [7, 11) is 0. The second kappa shape index (κ2) is 8.76. The maximum Gasteiger partial charge on any atom is 0.163 e. The third kappa shape index (κ3) is 3.72. The minimum Gasteiger partial charge on any atom is -0.508 e. The Balaban J connectivity index is 1.56. The van der Waals surface area contributed by atoms with Crippen LogP contribution in [-0.4, -0.2) is 33.3 Å². The fourth-order valence-corrected chi connectivity index (χ4v) is 8.21. The third-order valence-electron chi connectivity index (χ3n) is 9.96. The van der Waals surface area contributed by atoms with Gasteiger partial charge < -0.3 is 15.3 Å². The lowest BCUT2D eigenvalue weighted by atomic mass is 9.52. The molecule has 1 aromatic rings. The van der Waals surface area contributed by atoms with Crippen LogP contribution >= 0.6 is 0 Å². The van der Waals surface area contributed by atoms with Crippen LogP contribution in [0, 0.1) is 40.9 Å². The van der Waals surface area contributed by atoms with Crippen molar-refractivity contribution in [2.75, 3.05) is 0 Å². The lowest BCUT2D eigenvalue weighted by Gasteiger charge is -2.52. The van der Waals surface area contributed by atoms with Gasteiger partial charge in [-0.1, -0.05) is 47.1 Å². The monoisotopic (exact) mass is 442 g/mol. The maximum absolute atomic E-state index is 13.0. The number of hydrogen-bond donors (Lipinski definition) is 3. The number of aliphatic hydroxyl groups is 2. The van der Waals surface area contributed by atoms with Crippen LogP contribution in [0.1, 0.15) is 95.0 Å². The molecule has 0 radical (unpaired) electrons. The van der Waals surface area contributed by atoms with Crippen molar-refractivity contribution in [3.8, 4) is 5.75 Å². The quantitative estimate of drug-likeness (QED) is 0.540. The number of carbonyl (C=O) groups is 1. The van der Waals surface area contributed by atoms with Crippen molar-refractivity contribution < 1.29 is 20.1 Å². The zero-order valence-electron chi connectivity index (χ0n) is 20.4. The van der Waals surface area contributed by atoms with Gasteiger partial charge in [0.15, 0.2) is 5.78 Å². The molecule has 4 rings (SSSR count). The van der Waals surface area contributed by atoms with E-state index in [2.05, 4.69) is 34.6 Å². The fraction of sp³-hybridized carbons (Fsp3) is 0.750. The molecule has 0 spiro atoms. The van der Waals surface area contributed by atoms with Crippen molar-refractivity contribution in [3.63, 3.8) is 0 Å². The Labute approximate surface area is 193 Å². The summed E-state index contributed by atoms with van der Waals surface area (Å²) >= 11 is 0. The van der Waals surface area contributed by atoms with Gasteiger partial charge in [-0.25, -0.2) is 0 Å². The van der Waals surface area contributed by atoms with E-state index in [0.29, 0.717) is 36.0 Å². The van der Waals surface area contributed by atoms with Gasteiger partial charge in [-0.05, 0) is 90.2 Å². The highest BCUT2D eigenvalue weighted by molar-refractivity contribution is 5.99. The number of phenolic OH excluding ortho intramolecular Hbond substituents is 1. The Morgan fingerprint density at radius 3 is 2.47 bits per heavy atom. The van der Waals surface area contributed by atoms with Gasteiger partial charge in [0.2, 0.25) is 0 Å². The topological polar surface area (TPSA) is 77.8 Å². The van der Waals surface area contributed by atoms with E-state index in [1.807, 2.05) is 6.07 Å². The number of aromatic hydroxyl groups is 1. The van der Waals surface area contributed by atoms with E-state index >= 15 is 0 Å². The molecule has 9 atom stereocenters. The van der Waals surface area contributed by atoms with Crippen molar-refractivity contribution in [2.45, 2.75) is 91.3 Å². The van der Waals surface area contributed by atoms with Crippen molar-refractivity contribution in [2.24, 2.45) is 40.9 Å². The summed E-state index contributed by atoms with van der Waals surface area (Å²) in [4.78, 5) is 13.0. The van der Waals surface area contributed by atoms with Crippen molar-refractivity contribution >= 4 is 5.78 Å². The summed E-state index contributed by atoms with van der Waals surface area (Å²) in [6.07, 6.45) is 4.33. The predicted octanol–water partition coefficient (Wildman–Crippen LogP) is 5.54. The lowest BCUT2D eigenvalue weighted by molar-refractivity contribution is -0.0876. The molecule has 0 bridgehead atoms. The minimum absolute atomic E-state index is 0.0351. The molecule has 0 unspecified atom stereocenters. The minimum atomic E-state index is -0.711. The van der Waals surface area contributed by atoms with E-state index in [9.17, 15) is 20.1 Å². The molecule has 4 heteroatoms. The van der Waals surface area contributed by atoms with Crippen LogP contribution in [0.25, 0.3) is 0 Å². The van der Waals surface area contributed by atoms with Crippen LogP contribution in [0.3, 0.4) is 0 Å². The Kier molecular flexibility index (Phi) is 6.50. The van der Waals surface area contributed by atoms with Crippen molar-refractivity contribution in [1.29, 1.82) is 0 Å². The average Bonchev–Trinajstić information content (AvgIpc) is 3.10. The van der Waals surface area contributed by atoms with Gasteiger partial charge in [0.25, 0.3) is 0 Å². The molecule has 2 fully saturated rings. The zero-order valence-corrected chi connectivity index (χ0v) is 20.4. The molecule has 2 saturated carbocycles. The summed E-state index contributed by atoms with van der Waals surface area (Å²) in [6, 6.07) is 5.34. The summed E-state index contributed by atoms with van der Waals surface area (Å²) in [5, 5.41) is 32.1. The number of ketones is 1. The van der Waals surface area contributed by atoms with Gasteiger partial charge in [0.1, 0.15) is 5.75 Å². The molecule has 0 aromatic heterocycles. The first kappa shape index (κ1) is 23.8. The Morgan fingerprint density at radius 1 is 1.09 bits per heavy atom. The standard InChI is InChI=1S/C28H42O4/c1-6-18(15(2)3)27(32)26(31)16(4)23-9-10-24-21-14-25(30)22-13-17(29)7-8-19(22)20(21)11-12-28(23,24)5/h7-8,13,15-16,18,20-21,23-24,26-27,29,31-32H,6,9-12,14H2,1-5H3/t16-,18-,20+,21+,23+,24-,26+,27+,28+/m0/s1. The summed E-state index contributed by atoms with van der Waals surface area (Å²) in [5.74, 6) is 2.38. The van der Waals surface area contributed by atoms with Crippen LogP contribution in [-0.2, 0) is 0 Å². The highest BCUT2D eigenvalue weighted by atomic mass is 16.3. The summed E-state index contributed by atoms with van der Waals surface area (Å²) in [6.45, 7) is 10.9. The molecule has 0 amide bonds. The predicted molar refractivity (Wildman–Crippen MR) is 127 cm³/mol. The van der Waals surface area contributed by atoms with Crippen LogP contribution < -0.4 is 0 Å². The van der Waals surface area contributed by atoms with Crippen LogP contribution in [0.2, 0.25) is 0 Å². The SMILES string of the molecule is CC[C@@H](C(C)C)[C@@H](O)[C@H](O)[C@@H](C)[C@H]1CC[C@H]2[C@@H]3CC(=O)c4cc(O)ccc4[C@H]3CC[C@]12C. The molecule has 3 aliphatic rings. The van der Waals surface area contributed by atoms with Crippen LogP contribution in [0.5, 0.6) is 5.75 Å². The van der Waals surface area contributed by atoms with Gasteiger partial charge in [-0.3, -0.25) is 4.79 Å². The Hall–Kier alpha value is -1.39. The summed E-state index contributed by atoms with van der Waals surface area (Å²) in [5.41, 5.74) is 1.94. The van der Waals surface area contributed by atoms with Gasteiger partial charge in [-0.2, -0.15) is 0 Å². The molecule has 4 nitrogen and oxygen atoms in total. The van der Waals surface area contributed by atoms with Crippen LogP contribution in [0.4, 0.5) is 0 Å². The van der Waals surface area contributed by atoms with Gasteiger partial charge in [0, 0.05) is 12.0 Å². The third-order valence-corrected chi connectivity index (χ3v) is 9.96. The van der Waals surface area contributed by atoms with Gasteiger partial charge >= 0.3 is 0 Å². The van der Waals surface area contributed by atoms with Crippen LogP contribution in [0.15, 0.2) is 18.2 Å². The molecule has 3 N–H and O–H groups in total. The van der Waals surface area contributed by atoms with Gasteiger partial charge in [0.05, 0.1) is 12.2 Å². The second-order valence-corrected chi connectivity index (χ2v) is 11.7. The molecule has 1 aromatic carbocycles. The highest BCUT2D eigenvalue weighted by Gasteiger charge is 2.57. The number of carbonyl (C=O) groups excluding carboxylic acids is 1. The Bertz CT molecular complexity index is 848. The number of phenols is 1. The molecule has 178 valence electrons. The van der Waals surface area contributed by atoms with E-state index in [4.69, 9.17) is 0 Å². The highest BCUT2D eigenvalue weighted by Crippen LogP contribution is 2.64. The normalized spacial score (nSPS) is 35.6. The molecule has 3 aliphatic carbocycles. The van der Waals surface area contributed by atoms with Gasteiger partial charge in [-0.15, -0.1) is 0 Å². The molecule has 0 heterocycles. The first-order valence-corrected chi connectivity index (χ1v) is 12.8. The maximum atomic E-state index is 13.0. The van der Waals surface area contributed by atoms with E-state index in [1.165, 1.54) is 0 Å². The number of rotatable bonds is 6. The molecule has 0 saturated heterocycles. The van der Waals surface area contributed by atoms with E-state index in [1.54, 1.807) is 12.1 Å². The fourth-order valence-electron chi connectivity index (χ4n) is 8.21. The number of aliphatic hydroxyl groups excluding tert-OH is 2. The van der Waals surface area contributed by atoms with E-state index in [-0.39, 0.29) is 28.8 Å². The first-order chi connectivity index (χ1) is 15.1. The second-order valence-electron chi connectivity index (χ2n) is 11.7. The Morgan fingerprint density at radius 2 is 1.81 bits per heavy atom. The number of benzene rings is 1. The molecular weight excluding hydrogens is 400 g/mol. The first-order valence-electron chi connectivity index (χ1n) is 12.8. The van der Waals surface area contributed by atoms with E-state index in [0.717, 1.165) is 43.2 Å². The molecule has 0 aliphatic heterocycles. The average molecular weight is 443 g/mol. The number of hydrogen-bond acceptors (Lipinski definition) is 4. The number of Topliss-reactive ketones (excluding diaryl/α,β-unsaturated/α-hetero) is 1. The molecular formula is C28H42O4.